The van der Waals surface area contributed by atoms with Crippen LogP contribution in [0.3, 0.4) is 0 Å². The van der Waals surface area contributed by atoms with E-state index in [1.807, 2.05) is 73.7 Å². The molecule has 0 aliphatic heterocycles. The molecule has 0 unspecified atom stereocenters. The van der Waals surface area contributed by atoms with Gasteiger partial charge >= 0.3 is 0 Å². The number of aromatic nitrogens is 2. The van der Waals surface area contributed by atoms with Gasteiger partial charge in [-0.2, -0.15) is 0 Å². The summed E-state index contributed by atoms with van der Waals surface area (Å²) in [6, 6.07) is 21.1. The Bertz CT molecular complexity index is 871. The third-order valence-corrected chi connectivity index (χ3v) is 4.68. The summed E-state index contributed by atoms with van der Waals surface area (Å²) < 4.78 is 5.39. The van der Waals surface area contributed by atoms with Crippen LogP contribution < -0.4 is 15.4 Å². The van der Waals surface area contributed by atoms with Crippen molar-refractivity contribution in [2.45, 2.75) is 18.5 Å². The highest BCUT2D eigenvalue weighted by Crippen LogP contribution is 2.18. The maximum absolute atomic E-state index is 12.1. The van der Waals surface area contributed by atoms with Gasteiger partial charge in [0.15, 0.2) is 0 Å². The maximum Gasteiger partial charge on any atom is 0.234 e. The zero-order chi connectivity index (χ0) is 19.6. The number of nitrogens with zero attached hydrogens (tertiary/aromatic N) is 2. The van der Waals surface area contributed by atoms with Crippen LogP contribution in [0.25, 0.3) is 0 Å². The second-order valence-corrected chi connectivity index (χ2v) is 6.89. The van der Waals surface area contributed by atoms with Gasteiger partial charge in [0.1, 0.15) is 16.6 Å². The van der Waals surface area contributed by atoms with Gasteiger partial charge in [-0.1, -0.05) is 42.1 Å². The number of anilines is 2. The van der Waals surface area contributed by atoms with Crippen LogP contribution in [0.2, 0.25) is 0 Å². The minimum atomic E-state index is -0.0951. The molecule has 0 fully saturated rings. The van der Waals surface area contributed by atoms with Crippen molar-refractivity contribution in [2.75, 3.05) is 23.0 Å². The summed E-state index contributed by atoms with van der Waals surface area (Å²) in [5.74, 6) is 1.65. The average molecular weight is 395 g/mol. The number of amides is 1. The van der Waals surface area contributed by atoms with Gasteiger partial charge in [-0.15, -0.1) is 10.2 Å². The molecule has 6 nitrogen and oxygen atoms in total. The number of carbonyl (C=O) groups is 1. The van der Waals surface area contributed by atoms with Crippen molar-refractivity contribution in [1.29, 1.82) is 0 Å². The summed E-state index contributed by atoms with van der Waals surface area (Å²) >= 11 is 1.34. The Hall–Kier alpha value is -3.06. The Morgan fingerprint density at radius 2 is 1.79 bits per heavy atom. The van der Waals surface area contributed by atoms with E-state index in [9.17, 15) is 4.79 Å². The van der Waals surface area contributed by atoms with Gasteiger partial charge < -0.3 is 15.4 Å². The smallest absolute Gasteiger partial charge is 0.234 e. The molecular weight excluding hydrogens is 372 g/mol. The predicted molar refractivity (Wildman–Crippen MR) is 113 cm³/mol. The molecule has 3 aromatic rings. The van der Waals surface area contributed by atoms with E-state index < -0.39 is 0 Å². The van der Waals surface area contributed by atoms with Crippen molar-refractivity contribution in [3.63, 3.8) is 0 Å². The number of carbonyl (C=O) groups excluding carboxylic acids is 1. The molecule has 7 heteroatoms. The number of rotatable bonds is 9. The van der Waals surface area contributed by atoms with Gasteiger partial charge in [-0.3, -0.25) is 4.79 Å². The SMILES string of the molecule is CCOc1ccc(NC(=O)CSc2ccc(NCc3ccccc3)nn2)cc1. The molecule has 0 aliphatic rings. The quantitative estimate of drug-likeness (QED) is 0.529. The Morgan fingerprint density at radius 3 is 2.46 bits per heavy atom. The first-order valence-electron chi connectivity index (χ1n) is 9.00. The molecule has 0 atom stereocenters. The number of hydrogen-bond acceptors (Lipinski definition) is 6. The topological polar surface area (TPSA) is 76.1 Å². The highest BCUT2D eigenvalue weighted by Gasteiger charge is 2.06. The number of thioether (sulfide) groups is 1. The van der Waals surface area contributed by atoms with E-state index in [2.05, 4.69) is 20.8 Å². The van der Waals surface area contributed by atoms with Crippen LogP contribution in [0.4, 0.5) is 11.5 Å². The molecule has 1 amide bonds. The molecule has 3 rings (SSSR count). The Morgan fingerprint density at radius 1 is 1.00 bits per heavy atom. The van der Waals surface area contributed by atoms with Gasteiger partial charge in [0, 0.05) is 12.2 Å². The van der Waals surface area contributed by atoms with E-state index in [4.69, 9.17) is 4.74 Å². The van der Waals surface area contributed by atoms with Crippen molar-refractivity contribution in [1.82, 2.24) is 10.2 Å². The molecule has 0 saturated heterocycles. The summed E-state index contributed by atoms with van der Waals surface area (Å²) in [4.78, 5) is 12.1. The van der Waals surface area contributed by atoms with Gasteiger partial charge in [-0.05, 0) is 48.9 Å². The molecule has 0 saturated carbocycles. The fourth-order valence-corrected chi connectivity index (χ4v) is 3.03. The van der Waals surface area contributed by atoms with E-state index in [0.29, 0.717) is 24.0 Å². The summed E-state index contributed by atoms with van der Waals surface area (Å²) in [7, 11) is 0. The molecule has 144 valence electrons. The van der Waals surface area contributed by atoms with Crippen LogP contribution in [-0.4, -0.2) is 28.5 Å². The fraction of sp³-hybridized carbons (Fsp3) is 0.190. The molecule has 0 bridgehead atoms. The zero-order valence-electron chi connectivity index (χ0n) is 15.6. The van der Waals surface area contributed by atoms with Crippen molar-refractivity contribution >= 4 is 29.2 Å². The van der Waals surface area contributed by atoms with E-state index in [1.165, 1.54) is 17.3 Å². The molecular formula is C21H22N4O2S. The van der Waals surface area contributed by atoms with Crippen LogP contribution in [0.5, 0.6) is 5.75 Å². The van der Waals surface area contributed by atoms with E-state index in [1.54, 1.807) is 0 Å². The lowest BCUT2D eigenvalue weighted by Crippen LogP contribution is -2.14. The lowest BCUT2D eigenvalue weighted by molar-refractivity contribution is -0.113. The fourth-order valence-electron chi connectivity index (χ4n) is 2.42. The van der Waals surface area contributed by atoms with Crippen molar-refractivity contribution in [3.05, 3.63) is 72.3 Å². The predicted octanol–water partition coefficient (Wildman–Crippen LogP) is 4.22. The largest absolute Gasteiger partial charge is 0.494 e. The second-order valence-electron chi connectivity index (χ2n) is 5.89. The number of ether oxygens (including phenoxy) is 1. The molecule has 2 aromatic carbocycles. The monoisotopic (exact) mass is 394 g/mol. The lowest BCUT2D eigenvalue weighted by atomic mass is 10.2. The van der Waals surface area contributed by atoms with Crippen molar-refractivity contribution in [3.8, 4) is 5.75 Å². The lowest BCUT2D eigenvalue weighted by Gasteiger charge is -2.07. The highest BCUT2D eigenvalue weighted by molar-refractivity contribution is 7.99. The number of hydrogen-bond donors (Lipinski definition) is 2. The van der Waals surface area contributed by atoms with E-state index in [0.717, 1.165) is 11.4 Å². The molecule has 0 radical (unpaired) electrons. The molecule has 1 aromatic heterocycles. The third kappa shape index (κ3) is 6.28. The Kier molecular flexibility index (Phi) is 7.26. The Balaban J connectivity index is 1.43. The van der Waals surface area contributed by atoms with Gasteiger partial charge in [-0.25, -0.2) is 0 Å². The summed E-state index contributed by atoms with van der Waals surface area (Å²) in [5.41, 5.74) is 1.91. The number of benzene rings is 2. The molecule has 0 aliphatic carbocycles. The van der Waals surface area contributed by atoms with Gasteiger partial charge in [0.25, 0.3) is 0 Å². The normalized spacial score (nSPS) is 10.3. The van der Waals surface area contributed by atoms with Crippen LogP contribution in [0.15, 0.2) is 71.8 Å². The average Bonchev–Trinajstić information content (AvgIpc) is 2.74. The first-order chi connectivity index (χ1) is 13.7. The van der Waals surface area contributed by atoms with Gasteiger partial charge in [0.2, 0.25) is 5.91 Å². The van der Waals surface area contributed by atoms with Crippen molar-refractivity contribution < 1.29 is 9.53 Å². The molecule has 1 heterocycles. The van der Waals surface area contributed by atoms with Crippen LogP contribution in [0, 0.1) is 0 Å². The number of nitrogens with one attached hydrogen (secondary N) is 2. The third-order valence-electron chi connectivity index (χ3n) is 3.76. The summed E-state index contributed by atoms with van der Waals surface area (Å²) in [6.45, 7) is 3.23. The van der Waals surface area contributed by atoms with E-state index >= 15 is 0 Å². The first kappa shape index (κ1) is 19.7. The standard InChI is InChI=1S/C21H22N4O2S/c1-2-27-18-10-8-17(9-11-18)23-20(26)15-28-21-13-12-19(24-25-21)22-14-16-6-4-3-5-7-16/h3-13H,2,14-15H2,1H3,(H,22,24)(H,23,26). The van der Waals surface area contributed by atoms with Gasteiger partial charge in [0.05, 0.1) is 12.4 Å². The maximum atomic E-state index is 12.1. The van der Waals surface area contributed by atoms with Crippen LogP contribution >= 0.6 is 11.8 Å². The van der Waals surface area contributed by atoms with Crippen molar-refractivity contribution in [2.24, 2.45) is 0 Å². The highest BCUT2D eigenvalue weighted by atomic mass is 32.2. The zero-order valence-corrected chi connectivity index (χ0v) is 16.4. The summed E-state index contributed by atoms with van der Waals surface area (Å²) in [6.07, 6.45) is 0. The Labute approximate surface area is 168 Å². The first-order valence-corrected chi connectivity index (χ1v) is 9.98. The molecule has 0 spiro atoms. The van der Waals surface area contributed by atoms with E-state index in [-0.39, 0.29) is 11.7 Å². The minimum Gasteiger partial charge on any atom is -0.494 e. The molecule has 28 heavy (non-hydrogen) atoms. The van der Waals surface area contributed by atoms with Crippen LogP contribution in [-0.2, 0) is 11.3 Å². The van der Waals surface area contributed by atoms with Crippen LogP contribution in [0.1, 0.15) is 12.5 Å². The summed E-state index contributed by atoms with van der Waals surface area (Å²) in [5, 5.41) is 15.1. The second kappa shape index (κ2) is 10.3. The minimum absolute atomic E-state index is 0.0951. The molecule has 2 N–H and O–H groups in total.